The number of nitrogens with one attached hydrogen (secondary N) is 2. The van der Waals surface area contributed by atoms with E-state index in [0.717, 1.165) is 25.7 Å². The lowest BCUT2D eigenvalue weighted by Gasteiger charge is -2.28. The van der Waals surface area contributed by atoms with Crippen molar-refractivity contribution in [1.29, 1.82) is 0 Å². The fraction of sp³-hybridized carbons (Fsp3) is 0.857. The first-order valence-corrected chi connectivity index (χ1v) is 10.7. The molecule has 2 amide bonds. The number of rotatable bonds is 12. The van der Waals surface area contributed by atoms with Crippen LogP contribution in [-0.2, 0) is 23.9 Å². The minimum atomic E-state index is -0.0900. The van der Waals surface area contributed by atoms with E-state index in [0.29, 0.717) is 32.8 Å². The standard InChI is InChI=1S/C19H34N2O5.C2H6.2H2/c1-4-25-13-18(23)21-16-7-5-15(6-8-16)19(24)20-10-12-26-11-9-17(22)14(2)3;1-2;;/h14-16H,4-13H2,1-3H3,(H,20,24)(H,21,23);1-2H3;2*1H. The van der Waals surface area contributed by atoms with Crippen LogP contribution in [0.15, 0.2) is 0 Å². The van der Waals surface area contributed by atoms with E-state index in [2.05, 4.69) is 10.6 Å². The Morgan fingerprint density at radius 3 is 2.25 bits per heavy atom. The van der Waals surface area contributed by atoms with Crippen molar-refractivity contribution < 1.29 is 26.7 Å². The van der Waals surface area contributed by atoms with Crippen molar-refractivity contribution in [3.63, 3.8) is 0 Å². The number of amides is 2. The largest absolute Gasteiger partial charge is 0.379 e. The van der Waals surface area contributed by atoms with Gasteiger partial charge >= 0.3 is 0 Å². The van der Waals surface area contributed by atoms with Gasteiger partial charge in [-0.15, -0.1) is 0 Å². The molecule has 1 rings (SSSR count). The first-order chi connectivity index (χ1) is 13.4. The molecular formula is C21H44N2O5. The van der Waals surface area contributed by atoms with Crippen molar-refractivity contribution in [2.45, 2.75) is 72.8 Å². The topological polar surface area (TPSA) is 93.7 Å². The smallest absolute Gasteiger partial charge is 0.246 e. The van der Waals surface area contributed by atoms with Gasteiger partial charge in [-0.3, -0.25) is 14.4 Å². The summed E-state index contributed by atoms with van der Waals surface area (Å²) in [4.78, 5) is 35.3. The molecule has 1 aliphatic carbocycles. The number of ketones is 1. The molecule has 7 heteroatoms. The van der Waals surface area contributed by atoms with E-state index in [1.54, 1.807) is 0 Å². The van der Waals surface area contributed by atoms with Crippen molar-refractivity contribution in [3.05, 3.63) is 0 Å². The molecule has 0 saturated heterocycles. The van der Waals surface area contributed by atoms with Crippen LogP contribution in [0.25, 0.3) is 0 Å². The highest BCUT2D eigenvalue weighted by molar-refractivity contribution is 5.80. The van der Waals surface area contributed by atoms with Gasteiger partial charge in [0.15, 0.2) is 0 Å². The van der Waals surface area contributed by atoms with Crippen LogP contribution >= 0.6 is 0 Å². The van der Waals surface area contributed by atoms with Crippen LogP contribution in [-0.4, -0.2) is 56.6 Å². The molecular weight excluding hydrogens is 360 g/mol. The number of Topliss-reactive ketones (excluding diaryl/α,β-unsaturated/α-hetero) is 1. The van der Waals surface area contributed by atoms with Crippen molar-refractivity contribution >= 4 is 17.6 Å². The van der Waals surface area contributed by atoms with Crippen molar-refractivity contribution in [1.82, 2.24) is 10.6 Å². The lowest BCUT2D eigenvalue weighted by atomic mass is 9.85. The van der Waals surface area contributed by atoms with Crippen LogP contribution in [0.2, 0.25) is 0 Å². The molecule has 1 aliphatic rings. The Labute approximate surface area is 173 Å². The molecule has 0 aromatic carbocycles. The number of hydrogen-bond acceptors (Lipinski definition) is 5. The third-order valence-electron chi connectivity index (χ3n) is 4.58. The van der Waals surface area contributed by atoms with E-state index in [9.17, 15) is 14.4 Å². The molecule has 7 nitrogen and oxygen atoms in total. The van der Waals surface area contributed by atoms with E-state index in [1.165, 1.54) is 0 Å². The summed E-state index contributed by atoms with van der Waals surface area (Å²) in [5.41, 5.74) is 0. The van der Waals surface area contributed by atoms with Gasteiger partial charge in [0.05, 0.1) is 13.2 Å². The Balaban J connectivity index is -0.00000176. The highest BCUT2D eigenvalue weighted by Crippen LogP contribution is 2.24. The van der Waals surface area contributed by atoms with Gasteiger partial charge in [-0.2, -0.15) is 0 Å². The van der Waals surface area contributed by atoms with Crippen molar-refractivity contribution in [2.24, 2.45) is 11.8 Å². The molecule has 0 unspecified atom stereocenters. The number of hydrogen-bond donors (Lipinski definition) is 2. The van der Waals surface area contributed by atoms with Crippen LogP contribution in [0.5, 0.6) is 0 Å². The van der Waals surface area contributed by atoms with Crippen LogP contribution in [0.1, 0.15) is 69.6 Å². The first-order valence-electron chi connectivity index (χ1n) is 10.7. The Kier molecular flexibility index (Phi) is 15.6. The average molecular weight is 405 g/mol. The molecule has 1 fully saturated rings. The van der Waals surface area contributed by atoms with E-state index >= 15 is 0 Å². The van der Waals surface area contributed by atoms with E-state index in [-0.39, 0.29) is 44.9 Å². The monoisotopic (exact) mass is 404 g/mol. The van der Waals surface area contributed by atoms with E-state index in [1.807, 2.05) is 34.6 Å². The van der Waals surface area contributed by atoms with E-state index in [4.69, 9.17) is 9.47 Å². The summed E-state index contributed by atoms with van der Waals surface area (Å²) in [6.45, 7) is 11.5. The summed E-state index contributed by atoms with van der Waals surface area (Å²) >= 11 is 0. The molecule has 168 valence electrons. The van der Waals surface area contributed by atoms with Gasteiger partial charge in [0, 0.05) is 40.3 Å². The van der Waals surface area contributed by atoms with Gasteiger partial charge in [-0.1, -0.05) is 27.7 Å². The maximum atomic E-state index is 12.2. The normalized spacial score (nSPS) is 18.8. The van der Waals surface area contributed by atoms with Crippen LogP contribution < -0.4 is 10.6 Å². The fourth-order valence-electron chi connectivity index (χ4n) is 2.92. The zero-order valence-electron chi connectivity index (χ0n) is 18.3. The minimum absolute atomic E-state index is 0. The van der Waals surface area contributed by atoms with Crippen LogP contribution in [0.3, 0.4) is 0 Å². The quantitative estimate of drug-likeness (QED) is 0.488. The van der Waals surface area contributed by atoms with Crippen LogP contribution in [0.4, 0.5) is 0 Å². The third-order valence-corrected chi connectivity index (χ3v) is 4.58. The van der Waals surface area contributed by atoms with Crippen molar-refractivity contribution in [2.75, 3.05) is 33.0 Å². The Bertz CT molecular complexity index is 457. The summed E-state index contributed by atoms with van der Waals surface area (Å²) in [5, 5.41) is 5.84. The second-order valence-electron chi connectivity index (χ2n) is 7.03. The average Bonchev–Trinajstić information content (AvgIpc) is 2.70. The molecule has 28 heavy (non-hydrogen) atoms. The molecule has 0 aromatic rings. The third kappa shape index (κ3) is 12.1. The maximum absolute atomic E-state index is 12.2. The second-order valence-corrected chi connectivity index (χ2v) is 7.03. The molecule has 0 atom stereocenters. The predicted octanol–water partition coefficient (Wildman–Crippen LogP) is 2.96. The molecule has 0 spiro atoms. The summed E-state index contributed by atoms with van der Waals surface area (Å²) < 4.78 is 10.5. The minimum Gasteiger partial charge on any atom is -0.379 e. The Hall–Kier alpha value is -1.47. The molecule has 0 aromatic heterocycles. The molecule has 2 N–H and O–H groups in total. The number of ether oxygens (including phenoxy) is 2. The second kappa shape index (κ2) is 16.5. The summed E-state index contributed by atoms with van der Waals surface area (Å²) in [6, 6.07) is 0.133. The summed E-state index contributed by atoms with van der Waals surface area (Å²) in [7, 11) is 0. The highest BCUT2D eigenvalue weighted by atomic mass is 16.5. The summed E-state index contributed by atoms with van der Waals surface area (Å²) in [5.74, 6) is 0.188. The maximum Gasteiger partial charge on any atom is 0.246 e. The Morgan fingerprint density at radius 2 is 1.68 bits per heavy atom. The van der Waals surface area contributed by atoms with Gasteiger partial charge in [0.1, 0.15) is 12.4 Å². The van der Waals surface area contributed by atoms with Gasteiger partial charge in [-0.25, -0.2) is 0 Å². The molecule has 1 saturated carbocycles. The number of carbonyl (C=O) groups excluding carboxylic acids is 3. The zero-order chi connectivity index (χ0) is 21.4. The van der Waals surface area contributed by atoms with E-state index < -0.39 is 0 Å². The SMILES string of the molecule is CC.CCOCC(=O)NC1CCC(C(=O)NCCOCCC(=O)C(C)C)CC1.[HH].[HH]. The highest BCUT2D eigenvalue weighted by Gasteiger charge is 2.26. The van der Waals surface area contributed by atoms with Crippen LogP contribution in [0, 0.1) is 11.8 Å². The van der Waals surface area contributed by atoms with Gasteiger partial charge in [-0.05, 0) is 32.6 Å². The molecule has 0 heterocycles. The van der Waals surface area contributed by atoms with Gasteiger partial charge < -0.3 is 20.1 Å². The molecule has 0 radical (unpaired) electrons. The number of carbonyl (C=O) groups is 3. The lowest BCUT2D eigenvalue weighted by Crippen LogP contribution is -2.42. The molecule has 0 aliphatic heterocycles. The van der Waals surface area contributed by atoms with Gasteiger partial charge in [0.25, 0.3) is 0 Å². The first kappa shape index (κ1) is 26.5. The molecule has 0 bridgehead atoms. The Morgan fingerprint density at radius 1 is 1.04 bits per heavy atom. The summed E-state index contributed by atoms with van der Waals surface area (Å²) in [6.07, 6.45) is 3.59. The van der Waals surface area contributed by atoms with Gasteiger partial charge in [0.2, 0.25) is 11.8 Å². The fourth-order valence-corrected chi connectivity index (χ4v) is 2.92. The lowest BCUT2D eigenvalue weighted by molar-refractivity contribution is -0.127. The zero-order valence-corrected chi connectivity index (χ0v) is 18.3. The van der Waals surface area contributed by atoms with Crippen molar-refractivity contribution in [3.8, 4) is 0 Å². The predicted molar refractivity (Wildman–Crippen MR) is 114 cm³/mol.